The number of alkyl halides is 2. The van der Waals surface area contributed by atoms with Crippen LogP contribution in [0.25, 0.3) is 0 Å². The Hall–Kier alpha value is -2.64. The van der Waals surface area contributed by atoms with Crippen molar-refractivity contribution in [3.8, 4) is 11.5 Å². The Kier molecular flexibility index (Phi) is 7.21. The van der Waals surface area contributed by atoms with E-state index in [0.717, 1.165) is 37.6 Å². The van der Waals surface area contributed by atoms with E-state index in [9.17, 15) is 26.2 Å². The molecule has 0 bridgehead atoms. The van der Waals surface area contributed by atoms with Crippen molar-refractivity contribution >= 4 is 24.7 Å². The quantitative estimate of drug-likeness (QED) is 0.570. The molecule has 158 valence electrons. The molecule has 2 atom stereocenters. The smallest absolute Gasteiger partial charge is 0.346 e. The summed E-state index contributed by atoms with van der Waals surface area (Å²) in [5.41, 5.74) is -3.14. The molecule has 0 amide bonds. The molecule has 1 N–H and O–H groups in total. The number of aromatic carboxylic acids is 1. The van der Waals surface area contributed by atoms with Gasteiger partial charge in [-0.05, 0) is 18.2 Å². The molecule has 13 heteroatoms. The Morgan fingerprint density at radius 3 is 2.45 bits per heavy atom. The molecule has 2 unspecified atom stereocenters. The minimum atomic E-state index is -4.82. The van der Waals surface area contributed by atoms with Crippen LogP contribution in [-0.2, 0) is 23.4 Å². The van der Waals surface area contributed by atoms with Gasteiger partial charge in [0.05, 0.1) is 24.7 Å². The fourth-order valence-electron chi connectivity index (χ4n) is 2.27. The Labute approximate surface area is 166 Å². The maximum atomic E-state index is 13.0. The number of nitrogens with zero attached hydrogens (tertiary/aromatic N) is 1. The van der Waals surface area contributed by atoms with Gasteiger partial charge in [-0.1, -0.05) is 6.07 Å². The van der Waals surface area contributed by atoms with Gasteiger partial charge in [-0.3, -0.25) is 9.72 Å². The summed E-state index contributed by atoms with van der Waals surface area (Å²) in [5.74, 6) is -1.66. The predicted molar refractivity (Wildman–Crippen MR) is 95.9 cm³/mol. The molecular weight excluding hydrogens is 436 g/mol. The molecule has 0 aliphatic heterocycles. The largest absolute Gasteiger partial charge is 0.493 e. The molecule has 0 saturated carbocycles. The molecule has 1 heterocycles. The first kappa shape index (κ1) is 22.6. The van der Waals surface area contributed by atoms with Gasteiger partial charge in [-0.15, -0.1) is 0 Å². The number of carboxylic acid groups (broad SMARTS) is 1. The molecule has 0 fully saturated rings. The summed E-state index contributed by atoms with van der Waals surface area (Å²) in [4.78, 5) is 14.2. The summed E-state index contributed by atoms with van der Waals surface area (Å²) in [6.45, 7) is -3.50. The third-order valence-electron chi connectivity index (χ3n) is 3.53. The first-order valence-electron chi connectivity index (χ1n) is 7.63. The summed E-state index contributed by atoms with van der Waals surface area (Å²) >= 11 is 0. The fourth-order valence-corrected chi connectivity index (χ4v) is 5.71. The van der Waals surface area contributed by atoms with E-state index in [4.69, 9.17) is 14.6 Å². The number of pyridine rings is 1. The third kappa shape index (κ3) is 4.86. The van der Waals surface area contributed by atoms with Crippen LogP contribution in [0.1, 0.15) is 21.5 Å². The molecule has 0 spiro atoms. The number of ether oxygens (including phenoxy) is 3. The number of rotatable bonds is 9. The van der Waals surface area contributed by atoms with Crippen LogP contribution in [0.3, 0.4) is 0 Å². The number of benzene rings is 1. The van der Waals surface area contributed by atoms with Gasteiger partial charge in [-0.25, -0.2) is 17.4 Å². The van der Waals surface area contributed by atoms with Crippen molar-refractivity contribution in [2.45, 2.75) is 16.9 Å². The molecular formula is C16H15F2NO8S2. The van der Waals surface area contributed by atoms with Crippen molar-refractivity contribution in [1.82, 2.24) is 4.98 Å². The Morgan fingerprint density at radius 2 is 1.90 bits per heavy atom. The molecule has 2 rings (SSSR count). The van der Waals surface area contributed by atoms with E-state index in [1.165, 1.54) is 13.2 Å². The minimum Gasteiger partial charge on any atom is -0.493 e. The average Bonchev–Trinajstić information content (AvgIpc) is 2.70. The lowest BCUT2D eigenvalue weighted by Gasteiger charge is -2.19. The SMILES string of the molecule is COc1ccnc(C(OC(F)F)S(=O)S(=O)(=O)c2cccc(C(=O)O)c2)c1OC. The van der Waals surface area contributed by atoms with Gasteiger partial charge in [0.1, 0.15) is 5.69 Å². The van der Waals surface area contributed by atoms with E-state index >= 15 is 0 Å². The summed E-state index contributed by atoms with van der Waals surface area (Å²) in [7, 11) is -5.58. The Balaban J connectivity index is 2.60. The molecule has 0 aliphatic rings. The van der Waals surface area contributed by atoms with E-state index in [1.807, 2.05) is 0 Å². The van der Waals surface area contributed by atoms with Gasteiger partial charge >= 0.3 is 12.6 Å². The van der Waals surface area contributed by atoms with Crippen molar-refractivity contribution in [1.29, 1.82) is 0 Å². The minimum absolute atomic E-state index is 0.0163. The molecule has 0 aliphatic carbocycles. The average molecular weight is 451 g/mol. The number of carboxylic acids is 1. The highest BCUT2D eigenvalue weighted by Gasteiger charge is 2.38. The van der Waals surface area contributed by atoms with Gasteiger partial charge in [0.2, 0.25) is 0 Å². The number of methoxy groups -OCH3 is 2. The second-order valence-corrected chi connectivity index (χ2v) is 9.84. The molecule has 29 heavy (non-hydrogen) atoms. The zero-order chi connectivity index (χ0) is 21.8. The van der Waals surface area contributed by atoms with Crippen molar-refractivity contribution in [3.63, 3.8) is 0 Å². The molecule has 1 aromatic heterocycles. The monoisotopic (exact) mass is 451 g/mol. The number of hydrogen-bond donors (Lipinski definition) is 1. The summed E-state index contributed by atoms with van der Waals surface area (Å²) in [6.07, 6.45) is 1.10. The number of aromatic nitrogens is 1. The second-order valence-electron chi connectivity index (χ2n) is 5.21. The van der Waals surface area contributed by atoms with E-state index in [-0.39, 0.29) is 11.5 Å². The highest BCUT2D eigenvalue weighted by Crippen LogP contribution is 2.38. The highest BCUT2D eigenvalue weighted by atomic mass is 33.2. The predicted octanol–water partition coefficient (Wildman–Crippen LogP) is 2.17. The van der Waals surface area contributed by atoms with Crippen LogP contribution >= 0.6 is 0 Å². The zero-order valence-electron chi connectivity index (χ0n) is 14.9. The van der Waals surface area contributed by atoms with Gasteiger partial charge < -0.3 is 14.6 Å². The van der Waals surface area contributed by atoms with Crippen LogP contribution in [0.15, 0.2) is 41.4 Å². The molecule has 2 aromatic rings. The number of halogens is 2. The van der Waals surface area contributed by atoms with Gasteiger partial charge in [0, 0.05) is 12.3 Å². The zero-order valence-corrected chi connectivity index (χ0v) is 16.6. The van der Waals surface area contributed by atoms with E-state index in [2.05, 4.69) is 9.72 Å². The van der Waals surface area contributed by atoms with Crippen molar-refractivity contribution in [2.75, 3.05) is 14.2 Å². The Morgan fingerprint density at radius 1 is 1.21 bits per heavy atom. The lowest BCUT2D eigenvalue weighted by atomic mass is 10.2. The molecule has 0 radical (unpaired) electrons. The lowest BCUT2D eigenvalue weighted by Crippen LogP contribution is -2.22. The first-order valence-corrected chi connectivity index (χ1v) is 10.8. The maximum absolute atomic E-state index is 13.0. The van der Waals surface area contributed by atoms with Crippen LogP contribution in [-0.4, -0.2) is 49.5 Å². The van der Waals surface area contributed by atoms with Crippen molar-refractivity contribution < 1.29 is 45.5 Å². The maximum Gasteiger partial charge on any atom is 0.346 e. The molecule has 0 saturated heterocycles. The summed E-state index contributed by atoms with van der Waals surface area (Å²) < 4.78 is 78.6. The van der Waals surface area contributed by atoms with Crippen LogP contribution in [0.4, 0.5) is 8.78 Å². The normalized spacial score (nSPS) is 13.7. The van der Waals surface area contributed by atoms with Crippen LogP contribution < -0.4 is 9.47 Å². The van der Waals surface area contributed by atoms with Crippen LogP contribution in [0.2, 0.25) is 0 Å². The number of carbonyl (C=O) groups is 1. The van der Waals surface area contributed by atoms with Crippen LogP contribution in [0.5, 0.6) is 11.5 Å². The van der Waals surface area contributed by atoms with Crippen molar-refractivity contribution in [3.05, 3.63) is 47.8 Å². The summed E-state index contributed by atoms with van der Waals surface area (Å²) in [6, 6.07) is 5.28. The topological polar surface area (TPSA) is 129 Å². The Bertz CT molecular complexity index is 1030. The second kappa shape index (κ2) is 9.24. The van der Waals surface area contributed by atoms with Gasteiger partial charge in [0.25, 0.3) is 8.87 Å². The number of hydrogen-bond acceptors (Lipinski definition) is 8. The first-order chi connectivity index (χ1) is 13.6. The highest BCUT2D eigenvalue weighted by molar-refractivity contribution is 8.64. The third-order valence-corrected chi connectivity index (χ3v) is 7.88. The van der Waals surface area contributed by atoms with Crippen molar-refractivity contribution in [2.24, 2.45) is 0 Å². The van der Waals surface area contributed by atoms with Gasteiger partial charge in [-0.2, -0.15) is 8.78 Å². The molecule has 9 nitrogen and oxygen atoms in total. The standard InChI is InChI=1S/C16H15F2NO8S2/c1-25-11-6-7-19-12(13(11)26-2)15(27-16(17)18)28(22)29(23,24)10-5-3-4-9(8-10)14(20)21/h3-8,15-16H,1-2H3,(H,20,21). The lowest BCUT2D eigenvalue weighted by molar-refractivity contribution is -0.142. The van der Waals surface area contributed by atoms with E-state index < -0.39 is 52.9 Å². The van der Waals surface area contributed by atoms with Gasteiger partial charge in [0.15, 0.2) is 26.8 Å². The summed E-state index contributed by atoms with van der Waals surface area (Å²) in [5, 5.41) is 9.01. The molecule has 1 aromatic carbocycles. The fraction of sp³-hybridized carbons (Fsp3) is 0.250. The van der Waals surface area contributed by atoms with E-state index in [0.29, 0.717) is 0 Å². The van der Waals surface area contributed by atoms with E-state index in [1.54, 1.807) is 0 Å². The van der Waals surface area contributed by atoms with Crippen LogP contribution in [0, 0.1) is 0 Å².